The number of hydrogen-bond acceptors (Lipinski definition) is 2. The predicted octanol–water partition coefficient (Wildman–Crippen LogP) is 4.30. The van der Waals surface area contributed by atoms with Gasteiger partial charge in [-0.3, -0.25) is 0 Å². The summed E-state index contributed by atoms with van der Waals surface area (Å²) < 4.78 is 0. The van der Waals surface area contributed by atoms with Gasteiger partial charge in [0.25, 0.3) is 0 Å². The topological polar surface area (TPSA) is 15.3 Å². The van der Waals surface area contributed by atoms with E-state index in [-0.39, 0.29) is 5.54 Å². The van der Waals surface area contributed by atoms with Crippen molar-refractivity contribution in [2.75, 3.05) is 18.0 Å². The largest absolute Gasteiger partial charge is 0.366 e. The van der Waals surface area contributed by atoms with Crippen LogP contribution in [0, 0.1) is 0 Å². The molecule has 2 heteroatoms. The van der Waals surface area contributed by atoms with Crippen LogP contribution in [0.5, 0.6) is 0 Å². The zero-order valence-corrected chi connectivity index (χ0v) is 13.8. The normalized spacial score (nSPS) is 20.9. The Morgan fingerprint density at radius 1 is 1.30 bits per heavy atom. The van der Waals surface area contributed by atoms with E-state index in [0.717, 1.165) is 19.6 Å². The lowest BCUT2D eigenvalue weighted by Gasteiger charge is -2.47. The average molecular weight is 274 g/mol. The van der Waals surface area contributed by atoms with Gasteiger partial charge in [0.05, 0.1) is 0 Å². The Morgan fingerprint density at radius 2 is 2.05 bits per heavy atom. The van der Waals surface area contributed by atoms with Crippen molar-refractivity contribution in [1.82, 2.24) is 5.32 Å². The number of rotatable bonds is 5. The van der Waals surface area contributed by atoms with Crippen LogP contribution >= 0.6 is 0 Å². The highest BCUT2D eigenvalue weighted by Crippen LogP contribution is 2.43. The molecule has 0 spiro atoms. The first-order valence-corrected chi connectivity index (χ1v) is 8.10. The van der Waals surface area contributed by atoms with Gasteiger partial charge in [-0.2, -0.15) is 0 Å². The molecule has 1 N–H and O–H groups in total. The summed E-state index contributed by atoms with van der Waals surface area (Å²) in [5.41, 5.74) is 4.67. The molecule has 2 rings (SSSR count). The van der Waals surface area contributed by atoms with E-state index in [0.29, 0.717) is 5.92 Å². The summed E-state index contributed by atoms with van der Waals surface area (Å²) in [6, 6.07) is 7.05. The minimum atomic E-state index is 0.269. The average Bonchev–Trinajstić information content (AvgIpc) is 2.40. The first kappa shape index (κ1) is 15.4. The van der Waals surface area contributed by atoms with Crippen LogP contribution in [0.4, 0.5) is 5.69 Å². The van der Waals surface area contributed by atoms with Crippen molar-refractivity contribution in [3.05, 3.63) is 29.3 Å². The van der Waals surface area contributed by atoms with Gasteiger partial charge in [0.1, 0.15) is 0 Å². The highest BCUT2D eigenvalue weighted by molar-refractivity contribution is 5.60. The van der Waals surface area contributed by atoms with E-state index in [1.807, 2.05) is 0 Å². The molecule has 1 aromatic rings. The molecule has 0 saturated heterocycles. The van der Waals surface area contributed by atoms with Gasteiger partial charge in [0.15, 0.2) is 0 Å². The zero-order valence-electron chi connectivity index (χ0n) is 13.8. The van der Waals surface area contributed by atoms with E-state index < -0.39 is 0 Å². The fourth-order valence-corrected chi connectivity index (χ4v) is 3.57. The van der Waals surface area contributed by atoms with Crippen molar-refractivity contribution in [3.63, 3.8) is 0 Å². The minimum absolute atomic E-state index is 0.269. The van der Waals surface area contributed by atoms with Gasteiger partial charge in [0, 0.05) is 24.3 Å². The molecule has 20 heavy (non-hydrogen) atoms. The Kier molecular flexibility index (Phi) is 4.74. The highest BCUT2D eigenvalue weighted by Gasteiger charge is 2.35. The SMILES string of the molecule is CCCN1c2ccc(CNCC)cc2[C@@H](C)CC1(C)C. The van der Waals surface area contributed by atoms with Crippen LogP contribution in [0.2, 0.25) is 0 Å². The lowest BCUT2D eigenvalue weighted by molar-refractivity contribution is 0.376. The van der Waals surface area contributed by atoms with Gasteiger partial charge in [-0.1, -0.05) is 32.9 Å². The maximum absolute atomic E-state index is 3.43. The summed E-state index contributed by atoms with van der Waals surface area (Å²) in [5, 5.41) is 3.43. The summed E-state index contributed by atoms with van der Waals surface area (Å²) >= 11 is 0. The smallest absolute Gasteiger partial charge is 0.0406 e. The molecule has 0 bridgehead atoms. The molecule has 1 aliphatic heterocycles. The van der Waals surface area contributed by atoms with Crippen molar-refractivity contribution in [2.45, 2.75) is 65.5 Å². The van der Waals surface area contributed by atoms with Gasteiger partial charge >= 0.3 is 0 Å². The Hall–Kier alpha value is -1.02. The van der Waals surface area contributed by atoms with E-state index in [1.54, 1.807) is 0 Å². The zero-order chi connectivity index (χ0) is 14.8. The molecule has 0 radical (unpaired) electrons. The quantitative estimate of drug-likeness (QED) is 0.861. The lowest BCUT2D eigenvalue weighted by atomic mass is 9.79. The second-order valence-corrected chi connectivity index (χ2v) is 6.74. The fraction of sp³-hybridized carbons (Fsp3) is 0.667. The van der Waals surface area contributed by atoms with Crippen LogP contribution in [0.15, 0.2) is 18.2 Å². The van der Waals surface area contributed by atoms with Crippen LogP contribution in [0.25, 0.3) is 0 Å². The molecule has 0 amide bonds. The van der Waals surface area contributed by atoms with E-state index in [4.69, 9.17) is 0 Å². The van der Waals surface area contributed by atoms with Crippen molar-refractivity contribution in [2.24, 2.45) is 0 Å². The summed E-state index contributed by atoms with van der Waals surface area (Å²) in [6.45, 7) is 14.7. The number of anilines is 1. The van der Waals surface area contributed by atoms with Gasteiger partial charge in [0.2, 0.25) is 0 Å². The van der Waals surface area contributed by atoms with E-state index >= 15 is 0 Å². The second kappa shape index (κ2) is 6.17. The Bertz CT molecular complexity index is 451. The third-order valence-corrected chi connectivity index (χ3v) is 4.48. The van der Waals surface area contributed by atoms with E-state index in [2.05, 4.69) is 63.0 Å². The Labute approximate surface area is 124 Å². The summed E-state index contributed by atoms with van der Waals surface area (Å²) in [4.78, 5) is 2.61. The number of nitrogens with one attached hydrogen (secondary N) is 1. The number of benzene rings is 1. The van der Waals surface area contributed by atoms with Crippen LogP contribution in [0.3, 0.4) is 0 Å². The predicted molar refractivity (Wildman–Crippen MR) is 88.6 cm³/mol. The van der Waals surface area contributed by atoms with Gasteiger partial charge in [-0.25, -0.2) is 0 Å². The van der Waals surface area contributed by atoms with Crippen molar-refractivity contribution < 1.29 is 0 Å². The van der Waals surface area contributed by atoms with Crippen molar-refractivity contribution in [3.8, 4) is 0 Å². The summed E-state index contributed by atoms with van der Waals surface area (Å²) in [5.74, 6) is 0.648. The molecule has 1 aliphatic rings. The minimum Gasteiger partial charge on any atom is -0.366 e. The standard InChI is InChI=1S/C18H30N2/c1-6-10-20-17-9-8-15(13-19-7-2)11-16(17)14(3)12-18(20,4)5/h8-9,11,14,19H,6-7,10,12-13H2,1-5H3/t14-/m0/s1. The molecule has 0 saturated carbocycles. The molecule has 1 aromatic carbocycles. The monoisotopic (exact) mass is 274 g/mol. The lowest BCUT2D eigenvalue weighted by Crippen LogP contribution is -2.48. The fourth-order valence-electron chi connectivity index (χ4n) is 3.57. The summed E-state index contributed by atoms with van der Waals surface area (Å²) in [6.07, 6.45) is 2.45. The number of hydrogen-bond donors (Lipinski definition) is 1. The van der Waals surface area contributed by atoms with Crippen LogP contribution in [-0.2, 0) is 6.54 Å². The number of fused-ring (bicyclic) bond motifs is 1. The molecule has 0 aliphatic carbocycles. The molecule has 1 atom stereocenters. The Morgan fingerprint density at radius 3 is 2.70 bits per heavy atom. The number of nitrogens with zero attached hydrogens (tertiary/aromatic N) is 1. The first-order chi connectivity index (χ1) is 9.49. The van der Waals surface area contributed by atoms with Crippen LogP contribution in [-0.4, -0.2) is 18.6 Å². The molecular formula is C18H30N2. The molecule has 0 fully saturated rings. The molecular weight excluding hydrogens is 244 g/mol. The van der Waals surface area contributed by atoms with Crippen molar-refractivity contribution in [1.29, 1.82) is 0 Å². The Balaban J connectivity index is 2.35. The van der Waals surface area contributed by atoms with Gasteiger partial charge in [-0.15, -0.1) is 0 Å². The second-order valence-electron chi connectivity index (χ2n) is 6.74. The van der Waals surface area contributed by atoms with E-state index in [1.165, 1.54) is 29.7 Å². The maximum Gasteiger partial charge on any atom is 0.0406 e. The molecule has 2 nitrogen and oxygen atoms in total. The third-order valence-electron chi connectivity index (χ3n) is 4.48. The molecule has 112 valence electrons. The van der Waals surface area contributed by atoms with E-state index in [9.17, 15) is 0 Å². The highest BCUT2D eigenvalue weighted by atomic mass is 15.2. The summed E-state index contributed by atoms with van der Waals surface area (Å²) in [7, 11) is 0. The third kappa shape index (κ3) is 3.01. The maximum atomic E-state index is 3.43. The van der Waals surface area contributed by atoms with Crippen LogP contribution < -0.4 is 10.2 Å². The van der Waals surface area contributed by atoms with Gasteiger partial charge in [-0.05, 0) is 56.3 Å². The van der Waals surface area contributed by atoms with Crippen LogP contribution in [0.1, 0.15) is 64.5 Å². The molecule has 0 unspecified atom stereocenters. The first-order valence-electron chi connectivity index (χ1n) is 8.10. The van der Waals surface area contributed by atoms with Crippen molar-refractivity contribution >= 4 is 5.69 Å². The van der Waals surface area contributed by atoms with Gasteiger partial charge < -0.3 is 10.2 Å². The molecule has 1 heterocycles. The molecule has 0 aromatic heterocycles.